The Bertz CT molecular complexity index is 1200. The summed E-state index contributed by atoms with van der Waals surface area (Å²) in [6.07, 6.45) is -6.03. The van der Waals surface area contributed by atoms with Gasteiger partial charge in [-0.25, -0.2) is 4.39 Å². The SMILES string of the molecule is CC(C)[C@H](NC(=O)[C@H](C)N)C(=O)N1C[C@H](c2cccc(F)c2)[C@@H](O)[C@H]1C(=O)NCc1cccc(C(F)(F)F)c1. The van der Waals surface area contributed by atoms with Crippen LogP contribution in [-0.4, -0.2) is 58.5 Å². The molecule has 0 aromatic heterocycles. The smallest absolute Gasteiger partial charge is 0.390 e. The van der Waals surface area contributed by atoms with Crippen LogP contribution in [0.1, 0.15) is 43.4 Å². The van der Waals surface area contributed by atoms with Crippen molar-refractivity contribution in [2.24, 2.45) is 11.7 Å². The van der Waals surface area contributed by atoms with Crippen molar-refractivity contribution in [3.05, 3.63) is 71.0 Å². The fourth-order valence-corrected chi connectivity index (χ4v) is 4.53. The number of carbonyl (C=O) groups is 3. The fraction of sp³-hybridized carbons (Fsp3) is 0.444. The summed E-state index contributed by atoms with van der Waals surface area (Å²) in [5.41, 5.74) is 5.26. The lowest BCUT2D eigenvalue weighted by molar-refractivity contribution is -0.144. The van der Waals surface area contributed by atoms with Crippen molar-refractivity contribution in [2.75, 3.05) is 6.54 Å². The van der Waals surface area contributed by atoms with Crippen molar-refractivity contribution in [1.82, 2.24) is 15.5 Å². The minimum atomic E-state index is -4.57. The zero-order chi connectivity index (χ0) is 29.1. The second kappa shape index (κ2) is 12.1. The summed E-state index contributed by atoms with van der Waals surface area (Å²) in [4.78, 5) is 40.4. The molecule has 1 heterocycles. The molecule has 39 heavy (non-hydrogen) atoms. The van der Waals surface area contributed by atoms with Crippen LogP contribution in [0.4, 0.5) is 17.6 Å². The summed E-state index contributed by atoms with van der Waals surface area (Å²) in [5.74, 6) is -3.89. The second-order valence-electron chi connectivity index (χ2n) is 10.0. The quantitative estimate of drug-likeness (QED) is 0.374. The third kappa shape index (κ3) is 7.12. The molecule has 0 bridgehead atoms. The van der Waals surface area contributed by atoms with E-state index in [4.69, 9.17) is 5.73 Å². The summed E-state index contributed by atoms with van der Waals surface area (Å²) in [6, 6.07) is 6.35. The highest BCUT2D eigenvalue weighted by Gasteiger charge is 2.49. The van der Waals surface area contributed by atoms with Crippen LogP contribution in [0.5, 0.6) is 0 Å². The first-order valence-electron chi connectivity index (χ1n) is 12.4. The number of aliphatic hydroxyl groups is 1. The molecule has 0 radical (unpaired) electrons. The molecule has 1 fully saturated rings. The average molecular weight is 553 g/mol. The molecule has 2 aromatic carbocycles. The molecule has 1 saturated heterocycles. The van der Waals surface area contributed by atoms with Gasteiger partial charge in [-0.2, -0.15) is 13.2 Å². The summed E-state index contributed by atoms with van der Waals surface area (Å²) in [7, 11) is 0. The van der Waals surface area contributed by atoms with Gasteiger partial charge in [0.25, 0.3) is 0 Å². The van der Waals surface area contributed by atoms with Crippen LogP contribution in [0.3, 0.4) is 0 Å². The van der Waals surface area contributed by atoms with Gasteiger partial charge in [-0.05, 0) is 48.2 Å². The summed E-state index contributed by atoms with van der Waals surface area (Å²) in [6.45, 7) is 4.35. The number of likely N-dealkylation sites (tertiary alicyclic amines) is 1. The van der Waals surface area contributed by atoms with Gasteiger partial charge < -0.3 is 26.4 Å². The van der Waals surface area contributed by atoms with E-state index in [0.29, 0.717) is 5.56 Å². The van der Waals surface area contributed by atoms with Crippen molar-refractivity contribution in [1.29, 1.82) is 0 Å². The van der Waals surface area contributed by atoms with Crippen molar-refractivity contribution >= 4 is 17.7 Å². The number of rotatable bonds is 8. The van der Waals surface area contributed by atoms with Crippen molar-refractivity contribution < 1.29 is 37.1 Å². The Hall–Kier alpha value is -3.51. The normalized spacial score (nSPS) is 21.0. The molecule has 1 aliphatic rings. The van der Waals surface area contributed by atoms with Gasteiger partial charge in [0.2, 0.25) is 17.7 Å². The number of nitrogens with zero attached hydrogens (tertiary/aromatic N) is 1. The second-order valence-corrected chi connectivity index (χ2v) is 10.0. The zero-order valence-corrected chi connectivity index (χ0v) is 21.7. The van der Waals surface area contributed by atoms with Gasteiger partial charge in [0, 0.05) is 19.0 Å². The monoisotopic (exact) mass is 552 g/mol. The molecule has 5 atom stereocenters. The summed E-state index contributed by atoms with van der Waals surface area (Å²) in [5, 5.41) is 16.3. The van der Waals surface area contributed by atoms with Crippen LogP contribution in [-0.2, 0) is 27.1 Å². The predicted molar refractivity (Wildman–Crippen MR) is 134 cm³/mol. The highest BCUT2D eigenvalue weighted by atomic mass is 19.4. The Morgan fingerprint density at radius 1 is 1.10 bits per heavy atom. The average Bonchev–Trinajstić information content (AvgIpc) is 3.21. The first-order valence-corrected chi connectivity index (χ1v) is 12.4. The fourth-order valence-electron chi connectivity index (χ4n) is 4.53. The molecule has 0 aliphatic carbocycles. The third-order valence-corrected chi connectivity index (χ3v) is 6.66. The third-order valence-electron chi connectivity index (χ3n) is 6.66. The Morgan fingerprint density at radius 3 is 2.36 bits per heavy atom. The molecule has 0 saturated carbocycles. The number of amides is 3. The molecule has 1 aliphatic heterocycles. The van der Waals surface area contributed by atoms with Crippen molar-refractivity contribution in [2.45, 2.75) is 63.6 Å². The molecule has 212 valence electrons. The van der Waals surface area contributed by atoms with E-state index in [0.717, 1.165) is 17.0 Å². The van der Waals surface area contributed by atoms with Crippen molar-refractivity contribution in [3.63, 3.8) is 0 Å². The molecule has 2 aromatic rings. The van der Waals surface area contributed by atoms with Crippen LogP contribution in [0.15, 0.2) is 48.5 Å². The molecule has 0 unspecified atom stereocenters. The van der Waals surface area contributed by atoms with Gasteiger partial charge >= 0.3 is 6.18 Å². The number of halogens is 4. The first-order chi connectivity index (χ1) is 18.2. The Morgan fingerprint density at radius 2 is 1.77 bits per heavy atom. The highest BCUT2D eigenvalue weighted by Crippen LogP contribution is 2.34. The minimum absolute atomic E-state index is 0.162. The number of alkyl halides is 3. The minimum Gasteiger partial charge on any atom is -0.390 e. The molecule has 5 N–H and O–H groups in total. The van der Waals surface area contributed by atoms with Crippen LogP contribution < -0.4 is 16.4 Å². The van der Waals surface area contributed by atoms with E-state index in [1.807, 2.05) is 0 Å². The Balaban J connectivity index is 1.90. The van der Waals surface area contributed by atoms with Gasteiger partial charge in [0.1, 0.15) is 17.9 Å². The lowest BCUT2D eigenvalue weighted by atomic mass is 9.93. The predicted octanol–water partition coefficient (Wildman–Crippen LogP) is 2.30. The van der Waals surface area contributed by atoms with E-state index in [1.54, 1.807) is 19.9 Å². The molecule has 0 spiro atoms. The maximum atomic E-state index is 14.0. The molecular weight excluding hydrogens is 520 g/mol. The number of aliphatic hydroxyl groups excluding tert-OH is 1. The molecular formula is C27H32F4N4O4. The van der Waals surface area contributed by atoms with Gasteiger partial charge in [-0.15, -0.1) is 0 Å². The van der Waals surface area contributed by atoms with Crippen molar-refractivity contribution in [3.8, 4) is 0 Å². The van der Waals surface area contributed by atoms with E-state index in [1.165, 1.54) is 37.3 Å². The van der Waals surface area contributed by atoms with Crippen LogP contribution in [0.25, 0.3) is 0 Å². The van der Waals surface area contributed by atoms with Crippen LogP contribution >= 0.6 is 0 Å². The highest BCUT2D eigenvalue weighted by molar-refractivity contribution is 5.94. The number of nitrogens with one attached hydrogen (secondary N) is 2. The zero-order valence-electron chi connectivity index (χ0n) is 21.7. The van der Waals surface area contributed by atoms with Crippen LogP contribution in [0, 0.1) is 11.7 Å². The molecule has 3 rings (SSSR count). The van der Waals surface area contributed by atoms with E-state index in [-0.39, 0.29) is 18.7 Å². The van der Waals surface area contributed by atoms with E-state index in [9.17, 15) is 37.1 Å². The van der Waals surface area contributed by atoms with Gasteiger partial charge in [-0.3, -0.25) is 14.4 Å². The molecule has 8 nitrogen and oxygen atoms in total. The Kier molecular flexibility index (Phi) is 9.34. The van der Waals surface area contributed by atoms with E-state index in [2.05, 4.69) is 10.6 Å². The van der Waals surface area contributed by atoms with Gasteiger partial charge in [0.05, 0.1) is 17.7 Å². The summed E-state index contributed by atoms with van der Waals surface area (Å²) < 4.78 is 53.2. The topological polar surface area (TPSA) is 125 Å². The molecule has 3 amide bonds. The first kappa shape index (κ1) is 30.0. The largest absolute Gasteiger partial charge is 0.416 e. The maximum Gasteiger partial charge on any atom is 0.416 e. The standard InChI is InChI=1S/C27H32F4N4O4/c1-14(2)21(34-24(37)15(3)32)26(39)35-13-20(17-7-5-9-19(28)11-17)23(36)22(35)25(38)33-12-16-6-4-8-18(10-16)27(29,30)31/h4-11,14-15,20-23,36H,12-13,32H2,1-3H3,(H,33,38)(H,34,37)/t15-,20+,21-,22-,23+/m0/s1. The number of hydrogen-bond acceptors (Lipinski definition) is 5. The lowest BCUT2D eigenvalue weighted by Gasteiger charge is -2.31. The number of nitrogens with two attached hydrogens (primary N) is 1. The number of hydrogen-bond donors (Lipinski definition) is 4. The van der Waals surface area contributed by atoms with Crippen LogP contribution in [0.2, 0.25) is 0 Å². The maximum absolute atomic E-state index is 14.0. The van der Waals surface area contributed by atoms with Gasteiger partial charge in [-0.1, -0.05) is 38.1 Å². The molecule has 12 heteroatoms. The van der Waals surface area contributed by atoms with E-state index >= 15 is 0 Å². The summed E-state index contributed by atoms with van der Waals surface area (Å²) >= 11 is 0. The lowest BCUT2D eigenvalue weighted by Crippen LogP contribution is -2.58. The van der Waals surface area contributed by atoms with Gasteiger partial charge in [0.15, 0.2) is 0 Å². The number of carbonyl (C=O) groups excluding carboxylic acids is 3. The van der Waals surface area contributed by atoms with E-state index < -0.39 is 71.3 Å². The Labute approximate surface area is 223 Å². The number of benzene rings is 2.